The first kappa shape index (κ1) is 16.8. The van der Waals surface area contributed by atoms with Gasteiger partial charge in [0.25, 0.3) is 0 Å². The Morgan fingerprint density at radius 3 is 2.78 bits per heavy atom. The van der Waals surface area contributed by atoms with Gasteiger partial charge in [0.15, 0.2) is 0 Å². The molecule has 1 aliphatic carbocycles. The van der Waals surface area contributed by atoms with Crippen molar-refractivity contribution in [2.75, 3.05) is 6.54 Å². The van der Waals surface area contributed by atoms with Crippen LogP contribution in [0.4, 0.5) is 4.39 Å². The summed E-state index contributed by atoms with van der Waals surface area (Å²) in [6.45, 7) is 0.833. The predicted octanol–water partition coefficient (Wildman–Crippen LogP) is 5.25. The molecule has 2 unspecified atom stereocenters. The standard InChI is InChI=1S/C24H25FN2/c25-22-7-3-1-5-19(22)17-11-12-26-18(15-17)13-16-9-10-24-21(14-16)20-6-2-4-8-23(20)27-24/h1-8,11,16,18,26-27H,9-10,12-15H2. The number of benzene rings is 2. The van der Waals surface area contributed by atoms with Gasteiger partial charge in [0.2, 0.25) is 0 Å². The highest BCUT2D eigenvalue weighted by Crippen LogP contribution is 2.35. The van der Waals surface area contributed by atoms with Crippen molar-refractivity contribution in [2.24, 2.45) is 5.92 Å². The molecule has 0 saturated carbocycles. The van der Waals surface area contributed by atoms with Crippen LogP contribution in [0.2, 0.25) is 0 Å². The van der Waals surface area contributed by atoms with Gasteiger partial charge in [-0.25, -0.2) is 4.39 Å². The van der Waals surface area contributed by atoms with Crippen LogP contribution in [0.5, 0.6) is 0 Å². The topological polar surface area (TPSA) is 27.8 Å². The largest absolute Gasteiger partial charge is 0.358 e. The highest BCUT2D eigenvalue weighted by Gasteiger charge is 2.26. The highest BCUT2D eigenvalue weighted by molar-refractivity contribution is 5.84. The van der Waals surface area contributed by atoms with Gasteiger partial charge in [-0.2, -0.15) is 0 Å². The van der Waals surface area contributed by atoms with Crippen molar-refractivity contribution >= 4 is 16.5 Å². The number of halogens is 1. The average molecular weight is 360 g/mol. The van der Waals surface area contributed by atoms with Gasteiger partial charge in [-0.05, 0) is 61.3 Å². The molecule has 2 atom stereocenters. The van der Waals surface area contributed by atoms with Gasteiger partial charge >= 0.3 is 0 Å². The van der Waals surface area contributed by atoms with E-state index in [1.807, 2.05) is 12.1 Å². The van der Waals surface area contributed by atoms with Gasteiger partial charge in [0.1, 0.15) is 5.82 Å². The van der Waals surface area contributed by atoms with Gasteiger partial charge in [0, 0.05) is 34.7 Å². The second-order valence-electron chi connectivity index (χ2n) is 7.99. The minimum Gasteiger partial charge on any atom is -0.358 e. The van der Waals surface area contributed by atoms with Crippen molar-refractivity contribution in [1.29, 1.82) is 0 Å². The van der Waals surface area contributed by atoms with Crippen LogP contribution in [0.1, 0.15) is 36.1 Å². The quantitative estimate of drug-likeness (QED) is 0.656. The first-order valence-electron chi connectivity index (χ1n) is 10.0. The summed E-state index contributed by atoms with van der Waals surface area (Å²) in [5, 5.41) is 5.02. The van der Waals surface area contributed by atoms with Crippen LogP contribution < -0.4 is 5.32 Å². The van der Waals surface area contributed by atoms with E-state index >= 15 is 0 Å². The molecular formula is C24H25FN2. The van der Waals surface area contributed by atoms with E-state index in [-0.39, 0.29) is 5.82 Å². The number of rotatable bonds is 3. The Bertz CT molecular complexity index is 1000. The molecule has 0 saturated heterocycles. The maximum absolute atomic E-state index is 14.2. The molecule has 2 N–H and O–H groups in total. The number of hydrogen-bond donors (Lipinski definition) is 2. The predicted molar refractivity (Wildman–Crippen MR) is 109 cm³/mol. The van der Waals surface area contributed by atoms with Gasteiger partial charge < -0.3 is 10.3 Å². The van der Waals surface area contributed by atoms with Crippen molar-refractivity contribution in [2.45, 2.75) is 38.1 Å². The molecule has 0 fully saturated rings. The molecule has 0 bridgehead atoms. The average Bonchev–Trinajstić information content (AvgIpc) is 3.07. The SMILES string of the molecule is Fc1ccccc1C1=CCNC(CC2CCc3[nH]c4ccccc4c3C2)C1. The van der Waals surface area contributed by atoms with Crippen LogP contribution in [0.15, 0.2) is 54.6 Å². The Balaban J connectivity index is 1.30. The maximum atomic E-state index is 14.2. The lowest BCUT2D eigenvalue weighted by atomic mass is 9.80. The van der Waals surface area contributed by atoms with Crippen molar-refractivity contribution in [3.05, 3.63) is 77.2 Å². The Labute approximate surface area is 159 Å². The first-order valence-corrected chi connectivity index (χ1v) is 10.0. The summed E-state index contributed by atoms with van der Waals surface area (Å²) in [6, 6.07) is 16.2. The highest BCUT2D eigenvalue weighted by atomic mass is 19.1. The van der Waals surface area contributed by atoms with E-state index in [0.717, 1.165) is 43.4 Å². The molecule has 1 aromatic heterocycles. The molecule has 138 valence electrons. The molecule has 0 spiro atoms. The molecule has 2 aliphatic rings. The van der Waals surface area contributed by atoms with Gasteiger partial charge in [-0.1, -0.05) is 42.5 Å². The van der Waals surface area contributed by atoms with Gasteiger partial charge in [0.05, 0.1) is 0 Å². The van der Waals surface area contributed by atoms with Crippen molar-refractivity contribution in [3.63, 3.8) is 0 Å². The normalized spacial score (nSPS) is 22.5. The molecule has 27 heavy (non-hydrogen) atoms. The zero-order valence-corrected chi connectivity index (χ0v) is 15.5. The lowest BCUT2D eigenvalue weighted by Gasteiger charge is -2.30. The number of H-pyrrole nitrogens is 1. The van der Waals surface area contributed by atoms with Crippen LogP contribution in [0.3, 0.4) is 0 Å². The summed E-state index contributed by atoms with van der Waals surface area (Å²) in [5.41, 5.74) is 6.13. The van der Waals surface area contributed by atoms with Crippen LogP contribution in [0.25, 0.3) is 16.5 Å². The molecule has 0 radical (unpaired) electrons. The van der Waals surface area contributed by atoms with Gasteiger partial charge in [-0.3, -0.25) is 0 Å². The van der Waals surface area contributed by atoms with Crippen molar-refractivity contribution < 1.29 is 4.39 Å². The molecule has 2 heterocycles. The molecular weight excluding hydrogens is 335 g/mol. The van der Waals surface area contributed by atoms with Crippen LogP contribution in [0, 0.1) is 11.7 Å². The number of aryl methyl sites for hydroxylation is 1. The lowest BCUT2D eigenvalue weighted by molar-refractivity contribution is 0.356. The zero-order valence-electron chi connectivity index (χ0n) is 15.5. The van der Waals surface area contributed by atoms with Crippen LogP contribution in [-0.2, 0) is 12.8 Å². The number of aromatic amines is 1. The number of fused-ring (bicyclic) bond motifs is 3. The molecule has 3 aromatic rings. The van der Waals surface area contributed by atoms with E-state index < -0.39 is 0 Å². The zero-order chi connectivity index (χ0) is 18.2. The number of nitrogens with one attached hydrogen (secondary N) is 2. The van der Waals surface area contributed by atoms with Crippen LogP contribution >= 0.6 is 0 Å². The van der Waals surface area contributed by atoms with E-state index in [4.69, 9.17) is 0 Å². The Morgan fingerprint density at radius 1 is 1.00 bits per heavy atom. The van der Waals surface area contributed by atoms with E-state index in [0.29, 0.717) is 12.0 Å². The first-order chi connectivity index (χ1) is 13.3. The third-order valence-corrected chi connectivity index (χ3v) is 6.26. The van der Waals surface area contributed by atoms with Crippen LogP contribution in [-0.4, -0.2) is 17.6 Å². The molecule has 3 heteroatoms. The molecule has 5 rings (SSSR count). The molecule has 2 aromatic carbocycles. The fourth-order valence-electron chi connectivity index (χ4n) is 4.92. The Hall–Kier alpha value is -2.39. The van der Waals surface area contributed by atoms with E-state index in [1.54, 1.807) is 12.1 Å². The fraction of sp³-hybridized carbons (Fsp3) is 0.333. The molecule has 0 amide bonds. The van der Waals surface area contributed by atoms with E-state index in [1.165, 1.54) is 28.6 Å². The Kier molecular flexibility index (Phi) is 4.33. The molecule has 2 nitrogen and oxygen atoms in total. The van der Waals surface area contributed by atoms with E-state index in [9.17, 15) is 4.39 Å². The number of para-hydroxylation sites is 1. The summed E-state index contributed by atoms with van der Waals surface area (Å²) >= 11 is 0. The van der Waals surface area contributed by atoms with E-state index in [2.05, 4.69) is 40.6 Å². The second kappa shape index (κ2) is 6.97. The minimum atomic E-state index is -0.106. The summed E-state index contributed by atoms with van der Waals surface area (Å²) in [6.07, 6.45) is 7.74. The maximum Gasteiger partial charge on any atom is 0.130 e. The monoisotopic (exact) mass is 360 g/mol. The number of hydrogen-bond acceptors (Lipinski definition) is 1. The fourth-order valence-corrected chi connectivity index (χ4v) is 4.92. The summed E-state index contributed by atoms with van der Waals surface area (Å²) in [4.78, 5) is 3.61. The summed E-state index contributed by atoms with van der Waals surface area (Å²) < 4.78 is 14.2. The lowest BCUT2D eigenvalue weighted by Crippen LogP contribution is -2.35. The van der Waals surface area contributed by atoms with Crippen molar-refractivity contribution in [1.82, 2.24) is 10.3 Å². The summed E-state index contributed by atoms with van der Waals surface area (Å²) in [5.74, 6) is 0.583. The third kappa shape index (κ3) is 3.21. The second-order valence-corrected chi connectivity index (χ2v) is 7.99. The number of aromatic nitrogens is 1. The molecule has 1 aliphatic heterocycles. The third-order valence-electron chi connectivity index (χ3n) is 6.26. The smallest absolute Gasteiger partial charge is 0.130 e. The minimum absolute atomic E-state index is 0.106. The van der Waals surface area contributed by atoms with Gasteiger partial charge in [-0.15, -0.1) is 0 Å². The summed E-state index contributed by atoms with van der Waals surface area (Å²) in [7, 11) is 0. The van der Waals surface area contributed by atoms with Crippen molar-refractivity contribution in [3.8, 4) is 0 Å². The Morgan fingerprint density at radius 2 is 1.85 bits per heavy atom.